The second-order valence-electron chi connectivity index (χ2n) is 6.28. The first-order valence-corrected chi connectivity index (χ1v) is 10.3. The number of nitrogens with one attached hydrogen (secondary N) is 1. The highest BCUT2D eigenvalue weighted by Crippen LogP contribution is 2.17. The van der Waals surface area contributed by atoms with Crippen molar-refractivity contribution in [3.05, 3.63) is 59.7 Å². The largest absolute Gasteiger partial charge is 0.494 e. The summed E-state index contributed by atoms with van der Waals surface area (Å²) in [6.45, 7) is 4.13. The van der Waals surface area contributed by atoms with E-state index in [-0.39, 0.29) is 11.8 Å². The fourth-order valence-corrected chi connectivity index (χ4v) is 3.81. The number of nitrogens with zero attached hydrogens (tertiary/aromatic N) is 1. The van der Waals surface area contributed by atoms with Crippen LogP contribution in [0.5, 0.6) is 5.75 Å². The first kappa shape index (κ1) is 19.3. The molecule has 2 aromatic carbocycles. The van der Waals surface area contributed by atoms with Crippen molar-refractivity contribution in [1.82, 2.24) is 4.90 Å². The van der Waals surface area contributed by atoms with Crippen LogP contribution in [0.15, 0.2) is 48.5 Å². The SMILES string of the molecule is CCOc1cccc(C(=O)Nc2ccc(CC(=O)N3CCSCC3)cc2)c1. The molecule has 1 saturated heterocycles. The number of ether oxygens (including phenoxy) is 1. The summed E-state index contributed by atoms with van der Waals surface area (Å²) < 4.78 is 5.43. The number of carbonyl (C=O) groups excluding carboxylic acids is 2. The van der Waals surface area contributed by atoms with Crippen molar-refractivity contribution in [3.8, 4) is 5.75 Å². The van der Waals surface area contributed by atoms with Gasteiger partial charge in [-0.05, 0) is 42.8 Å². The van der Waals surface area contributed by atoms with Crippen LogP contribution in [0.3, 0.4) is 0 Å². The van der Waals surface area contributed by atoms with Gasteiger partial charge < -0.3 is 15.0 Å². The maximum absolute atomic E-state index is 12.4. The molecule has 1 aliphatic heterocycles. The molecule has 0 radical (unpaired) electrons. The molecule has 0 aliphatic carbocycles. The van der Waals surface area contributed by atoms with Crippen molar-refractivity contribution in [3.63, 3.8) is 0 Å². The van der Waals surface area contributed by atoms with Crippen LogP contribution in [0.4, 0.5) is 5.69 Å². The van der Waals surface area contributed by atoms with E-state index in [1.165, 1.54) is 0 Å². The number of thioether (sulfide) groups is 1. The summed E-state index contributed by atoms with van der Waals surface area (Å²) in [5.41, 5.74) is 2.20. The van der Waals surface area contributed by atoms with Crippen molar-refractivity contribution in [2.75, 3.05) is 36.5 Å². The van der Waals surface area contributed by atoms with Crippen molar-refractivity contribution in [2.45, 2.75) is 13.3 Å². The Labute approximate surface area is 164 Å². The Balaban J connectivity index is 1.57. The van der Waals surface area contributed by atoms with Crippen molar-refractivity contribution >= 4 is 29.3 Å². The highest BCUT2D eigenvalue weighted by molar-refractivity contribution is 7.99. The number of amides is 2. The zero-order chi connectivity index (χ0) is 19.1. The third-order valence-electron chi connectivity index (χ3n) is 4.34. The van der Waals surface area contributed by atoms with E-state index in [0.29, 0.717) is 30.0 Å². The molecule has 142 valence electrons. The lowest BCUT2D eigenvalue weighted by Crippen LogP contribution is -2.38. The minimum atomic E-state index is -0.189. The van der Waals surface area contributed by atoms with E-state index >= 15 is 0 Å². The number of anilines is 1. The lowest BCUT2D eigenvalue weighted by atomic mass is 10.1. The minimum absolute atomic E-state index is 0.167. The van der Waals surface area contributed by atoms with Gasteiger partial charge in [0.2, 0.25) is 5.91 Å². The summed E-state index contributed by atoms with van der Waals surface area (Å²) in [5, 5.41) is 2.88. The fraction of sp³-hybridized carbons (Fsp3) is 0.333. The minimum Gasteiger partial charge on any atom is -0.494 e. The second-order valence-corrected chi connectivity index (χ2v) is 7.51. The Morgan fingerprint density at radius 3 is 2.56 bits per heavy atom. The quantitative estimate of drug-likeness (QED) is 0.829. The van der Waals surface area contributed by atoms with Crippen LogP contribution in [0.1, 0.15) is 22.8 Å². The molecule has 1 aliphatic rings. The third kappa shape index (κ3) is 5.50. The molecule has 2 amide bonds. The molecular formula is C21H24N2O3S. The smallest absolute Gasteiger partial charge is 0.255 e. The number of hydrogen-bond acceptors (Lipinski definition) is 4. The average molecular weight is 385 g/mol. The number of hydrogen-bond donors (Lipinski definition) is 1. The Hall–Kier alpha value is -2.47. The summed E-state index contributed by atoms with van der Waals surface area (Å²) >= 11 is 1.89. The molecule has 0 atom stereocenters. The van der Waals surface area contributed by atoms with Crippen LogP contribution in [0, 0.1) is 0 Å². The van der Waals surface area contributed by atoms with E-state index in [0.717, 1.165) is 30.2 Å². The van der Waals surface area contributed by atoms with Gasteiger partial charge in [0.1, 0.15) is 5.75 Å². The van der Waals surface area contributed by atoms with Gasteiger partial charge in [0.15, 0.2) is 0 Å². The molecule has 0 unspecified atom stereocenters. The predicted octanol–water partition coefficient (Wildman–Crippen LogP) is 3.46. The van der Waals surface area contributed by atoms with Crippen molar-refractivity contribution in [1.29, 1.82) is 0 Å². The maximum atomic E-state index is 12.4. The molecule has 2 aromatic rings. The van der Waals surface area contributed by atoms with Crippen LogP contribution in [0.2, 0.25) is 0 Å². The third-order valence-corrected chi connectivity index (χ3v) is 5.28. The van der Waals surface area contributed by atoms with Gasteiger partial charge in [-0.15, -0.1) is 0 Å². The van der Waals surface area contributed by atoms with Gasteiger partial charge in [-0.25, -0.2) is 0 Å². The highest BCUT2D eigenvalue weighted by atomic mass is 32.2. The van der Waals surface area contributed by atoms with E-state index in [4.69, 9.17) is 4.74 Å². The van der Waals surface area contributed by atoms with Gasteiger partial charge in [-0.1, -0.05) is 18.2 Å². The van der Waals surface area contributed by atoms with Gasteiger partial charge in [0, 0.05) is 35.8 Å². The van der Waals surface area contributed by atoms with Crippen LogP contribution >= 0.6 is 11.8 Å². The summed E-state index contributed by atoms with van der Waals surface area (Å²) in [6.07, 6.45) is 0.398. The standard InChI is InChI=1S/C21H24N2O3S/c1-2-26-19-5-3-4-17(15-19)21(25)22-18-8-6-16(7-9-18)14-20(24)23-10-12-27-13-11-23/h3-9,15H,2,10-14H2,1H3,(H,22,25). The van der Waals surface area contributed by atoms with Crippen LogP contribution in [0.25, 0.3) is 0 Å². The molecule has 0 aromatic heterocycles. The summed E-state index contributed by atoms with van der Waals surface area (Å²) in [4.78, 5) is 26.7. The molecule has 0 bridgehead atoms. The topological polar surface area (TPSA) is 58.6 Å². The molecule has 1 fully saturated rings. The van der Waals surface area contributed by atoms with E-state index in [2.05, 4.69) is 5.32 Å². The zero-order valence-electron chi connectivity index (χ0n) is 15.4. The monoisotopic (exact) mass is 384 g/mol. The van der Waals surface area contributed by atoms with E-state index < -0.39 is 0 Å². The fourth-order valence-electron chi connectivity index (χ4n) is 2.90. The number of rotatable bonds is 6. The van der Waals surface area contributed by atoms with Gasteiger partial charge in [0.05, 0.1) is 13.0 Å². The van der Waals surface area contributed by atoms with Gasteiger partial charge in [0.25, 0.3) is 5.91 Å². The van der Waals surface area contributed by atoms with Gasteiger partial charge in [-0.2, -0.15) is 11.8 Å². The molecule has 0 saturated carbocycles. The molecule has 5 nitrogen and oxygen atoms in total. The van der Waals surface area contributed by atoms with Gasteiger partial charge in [-0.3, -0.25) is 9.59 Å². The number of benzene rings is 2. The zero-order valence-corrected chi connectivity index (χ0v) is 16.3. The van der Waals surface area contributed by atoms with Gasteiger partial charge >= 0.3 is 0 Å². The number of carbonyl (C=O) groups is 2. The normalized spacial score (nSPS) is 13.9. The molecule has 1 N–H and O–H groups in total. The molecule has 27 heavy (non-hydrogen) atoms. The lowest BCUT2D eigenvalue weighted by molar-refractivity contribution is -0.130. The Bertz CT molecular complexity index is 786. The molecule has 1 heterocycles. The second kappa shape index (κ2) is 9.46. The average Bonchev–Trinajstić information content (AvgIpc) is 2.70. The van der Waals surface area contributed by atoms with Crippen LogP contribution < -0.4 is 10.1 Å². The van der Waals surface area contributed by atoms with E-state index in [9.17, 15) is 9.59 Å². The first-order valence-electron chi connectivity index (χ1n) is 9.14. The maximum Gasteiger partial charge on any atom is 0.255 e. The Kier molecular flexibility index (Phi) is 6.76. The van der Waals surface area contributed by atoms with Crippen molar-refractivity contribution in [2.24, 2.45) is 0 Å². The molecule has 0 spiro atoms. The Morgan fingerprint density at radius 1 is 1.11 bits per heavy atom. The first-order chi connectivity index (χ1) is 13.2. The van der Waals surface area contributed by atoms with E-state index in [1.807, 2.05) is 53.9 Å². The molecule has 6 heteroatoms. The summed E-state index contributed by atoms with van der Waals surface area (Å²) in [7, 11) is 0. The Morgan fingerprint density at radius 2 is 1.85 bits per heavy atom. The van der Waals surface area contributed by atoms with Crippen LogP contribution in [-0.2, 0) is 11.2 Å². The van der Waals surface area contributed by atoms with Crippen LogP contribution in [-0.4, -0.2) is 47.9 Å². The van der Waals surface area contributed by atoms with Crippen molar-refractivity contribution < 1.29 is 14.3 Å². The summed E-state index contributed by atoms with van der Waals surface area (Å²) in [6, 6.07) is 14.6. The summed E-state index contributed by atoms with van der Waals surface area (Å²) in [5.74, 6) is 2.68. The molecule has 3 rings (SSSR count). The molecular weight excluding hydrogens is 360 g/mol. The predicted molar refractivity (Wildman–Crippen MR) is 110 cm³/mol. The lowest BCUT2D eigenvalue weighted by Gasteiger charge is -2.26. The van der Waals surface area contributed by atoms with E-state index in [1.54, 1.807) is 18.2 Å². The highest BCUT2D eigenvalue weighted by Gasteiger charge is 2.17.